The summed E-state index contributed by atoms with van der Waals surface area (Å²) < 4.78 is 15.8. The van der Waals surface area contributed by atoms with Crippen LogP contribution < -0.4 is 9.47 Å². The van der Waals surface area contributed by atoms with E-state index in [1.807, 2.05) is 24.3 Å². The fourth-order valence-corrected chi connectivity index (χ4v) is 2.40. The summed E-state index contributed by atoms with van der Waals surface area (Å²) in [5.74, 6) is 2.38. The predicted molar refractivity (Wildman–Crippen MR) is 77.1 cm³/mol. The molecule has 0 heterocycles. The Hall–Kier alpha value is -1.94. The highest BCUT2D eigenvalue weighted by molar-refractivity contribution is 5.50. The maximum absolute atomic E-state index is 9.57. The fraction of sp³-hybridized carbons (Fsp3) is 0.375. The van der Waals surface area contributed by atoms with Crippen LogP contribution in [0, 0.1) is 0 Å². The van der Waals surface area contributed by atoms with E-state index in [9.17, 15) is 5.11 Å². The van der Waals surface area contributed by atoms with E-state index >= 15 is 0 Å². The summed E-state index contributed by atoms with van der Waals surface area (Å²) in [7, 11) is 4.86. The monoisotopic (exact) mass is 276 g/mol. The Kier molecular flexibility index (Phi) is 4.69. The predicted octanol–water partition coefficient (Wildman–Crippen LogP) is 2.77. The van der Waals surface area contributed by atoms with Gasteiger partial charge < -0.3 is 19.3 Å². The van der Waals surface area contributed by atoms with E-state index in [-0.39, 0.29) is 12.5 Å². The van der Waals surface area contributed by atoms with Gasteiger partial charge in [0.1, 0.15) is 5.76 Å². The molecule has 0 spiro atoms. The Labute approximate surface area is 119 Å². The SMILES string of the molecule is COC1=CC[C@@H](c2cc(OC)c(OC)cc2CO)C=C1. The summed E-state index contributed by atoms with van der Waals surface area (Å²) in [6.45, 7) is -0.0269. The van der Waals surface area contributed by atoms with E-state index in [1.54, 1.807) is 21.3 Å². The standard InChI is InChI=1S/C16H20O4/c1-18-13-6-4-11(5-7-13)14-9-16(20-3)15(19-2)8-12(14)10-17/h4,6-9,11,17H,5,10H2,1-3H3/t11-/m0/s1. The fourth-order valence-electron chi connectivity index (χ4n) is 2.40. The summed E-state index contributed by atoms with van der Waals surface area (Å²) in [5.41, 5.74) is 1.90. The third-order valence-corrected chi connectivity index (χ3v) is 3.52. The molecule has 1 aliphatic rings. The molecule has 0 radical (unpaired) electrons. The van der Waals surface area contributed by atoms with Crippen molar-refractivity contribution in [2.45, 2.75) is 18.9 Å². The lowest BCUT2D eigenvalue weighted by atomic mass is 9.88. The zero-order valence-electron chi connectivity index (χ0n) is 12.1. The van der Waals surface area contributed by atoms with Crippen molar-refractivity contribution in [2.24, 2.45) is 0 Å². The first kappa shape index (κ1) is 14.5. The third kappa shape index (κ3) is 2.80. The summed E-state index contributed by atoms with van der Waals surface area (Å²) in [5, 5.41) is 9.57. The highest BCUT2D eigenvalue weighted by Gasteiger charge is 2.18. The number of ether oxygens (including phenoxy) is 3. The molecule has 20 heavy (non-hydrogen) atoms. The van der Waals surface area contributed by atoms with E-state index in [2.05, 4.69) is 6.08 Å². The maximum Gasteiger partial charge on any atom is 0.161 e. The Bertz CT molecular complexity index is 532. The average Bonchev–Trinajstić information content (AvgIpc) is 2.53. The quantitative estimate of drug-likeness (QED) is 0.898. The van der Waals surface area contributed by atoms with Crippen molar-refractivity contribution in [3.05, 3.63) is 47.2 Å². The Morgan fingerprint density at radius 3 is 2.30 bits per heavy atom. The van der Waals surface area contributed by atoms with Crippen molar-refractivity contribution in [1.29, 1.82) is 0 Å². The lowest BCUT2D eigenvalue weighted by Crippen LogP contribution is -2.05. The van der Waals surface area contributed by atoms with Crippen molar-refractivity contribution in [2.75, 3.05) is 21.3 Å². The van der Waals surface area contributed by atoms with Gasteiger partial charge in [0, 0.05) is 5.92 Å². The lowest BCUT2D eigenvalue weighted by Gasteiger charge is -2.20. The molecule has 1 aromatic rings. The molecule has 0 aliphatic heterocycles. The molecule has 4 nitrogen and oxygen atoms in total. The van der Waals surface area contributed by atoms with Gasteiger partial charge in [0.15, 0.2) is 11.5 Å². The normalized spacial score (nSPS) is 17.6. The molecule has 4 heteroatoms. The second kappa shape index (κ2) is 6.48. The number of allylic oxidation sites excluding steroid dienone is 3. The van der Waals surface area contributed by atoms with Crippen LogP contribution in [0.1, 0.15) is 23.5 Å². The molecule has 1 atom stereocenters. The molecule has 1 aliphatic carbocycles. The van der Waals surface area contributed by atoms with E-state index < -0.39 is 0 Å². The van der Waals surface area contributed by atoms with Crippen LogP contribution in [0.2, 0.25) is 0 Å². The van der Waals surface area contributed by atoms with Crippen LogP contribution in [-0.4, -0.2) is 26.4 Å². The molecule has 0 unspecified atom stereocenters. The number of aliphatic hydroxyl groups is 1. The summed E-state index contributed by atoms with van der Waals surface area (Å²) in [4.78, 5) is 0. The molecular weight excluding hydrogens is 256 g/mol. The molecule has 0 saturated carbocycles. The highest BCUT2D eigenvalue weighted by Crippen LogP contribution is 2.37. The first-order valence-corrected chi connectivity index (χ1v) is 6.51. The zero-order valence-corrected chi connectivity index (χ0v) is 12.1. The molecular formula is C16H20O4. The molecule has 0 amide bonds. The van der Waals surface area contributed by atoms with Crippen molar-refractivity contribution >= 4 is 0 Å². The Balaban J connectivity index is 2.36. The second-order valence-corrected chi connectivity index (χ2v) is 4.58. The van der Waals surface area contributed by atoms with E-state index in [4.69, 9.17) is 14.2 Å². The van der Waals surface area contributed by atoms with Gasteiger partial charge >= 0.3 is 0 Å². The van der Waals surface area contributed by atoms with Gasteiger partial charge in [-0.05, 0) is 41.8 Å². The number of hydrogen-bond donors (Lipinski definition) is 1. The minimum atomic E-state index is -0.0269. The van der Waals surface area contributed by atoms with Crippen LogP contribution in [0.5, 0.6) is 11.5 Å². The van der Waals surface area contributed by atoms with Gasteiger partial charge in [0.2, 0.25) is 0 Å². The van der Waals surface area contributed by atoms with Crippen LogP contribution in [-0.2, 0) is 11.3 Å². The largest absolute Gasteiger partial charge is 0.497 e. The maximum atomic E-state index is 9.57. The van der Waals surface area contributed by atoms with Crippen molar-refractivity contribution in [3.63, 3.8) is 0 Å². The van der Waals surface area contributed by atoms with E-state index in [0.29, 0.717) is 11.5 Å². The topological polar surface area (TPSA) is 47.9 Å². The lowest BCUT2D eigenvalue weighted by molar-refractivity contribution is 0.278. The average molecular weight is 276 g/mol. The number of rotatable bonds is 5. The van der Waals surface area contributed by atoms with Crippen molar-refractivity contribution in [3.8, 4) is 11.5 Å². The van der Waals surface area contributed by atoms with Crippen LogP contribution in [0.15, 0.2) is 36.1 Å². The summed E-state index contributed by atoms with van der Waals surface area (Å²) in [6.07, 6.45) is 6.91. The van der Waals surface area contributed by atoms with E-state index in [0.717, 1.165) is 23.3 Å². The Morgan fingerprint density at radius 1 is 1.10 bits per heavy atom. The van der Waals surface area contributed by atoms with Crippen LogP contribution in [0.3, 0.4) is 0 Å². The second-order valence-electron chi connectivity index (χ2n) is 4.58. The highest BCUT2D eigenvalue weighted by atomic mass is 16.5. The number of methoxy groups -OCH3 is 3. The summed E-state index contributed by atoms with van der Waals surface area (Å²) in [6, 6.07) is 3.77. The van der Waals surface area contributed by atoms with Crippen molar-refractivity contribution < 1.29 is 19.3 Å². The van der Waals surface area contributed by atoms with Crippen LogP contribution in [0.25, 0.3) is 0 Å². The minimum Gasteiger partial charge on any atom is -0.497 e. The number of aliphatic hydroxyl groups excluding tert-OH is 1. The first-order valence-electron chi connectivity index (χ1n) is 6.51. The molecule has 0 bridgehead atoms. The van der Waals surface area contributed by atoms with E-state index in [1.165, 1.54) is 0 Å². The Morgan fingerprint density at radius 2 is 1.80 bits per heavy atom. The van der Waals surface area contributed by atoms with Gasteiger partial charge in [-0.1, -0.05) is 6.08 Å². The minimum absolute atomic E-state index is 0.0269. The van der Waals surface area contributed by atoms with Gasteiger partial charge in [-0.25, -0.2) is 0 Å². The smallest absolute Gasteiger partial charge is 0.161 e. The molecule has 1 N–H and O–H groups in total. The van der Waals surface area contributed by atoms with Gasteiger partial charge in [0.25, 0.3) is 0 Å². The van der Waals surface area contributed by atoms with Gasteiger partial charge in [-0.15, -0.1) is 0 Å². The first-order chi connectivity index (χ1) is 9.73. The van der Waals surface area contributed by atoms with Crippen molar-refractivity contribution in [1.82, 2.24) is 0 Å². The van der Waals surface area contributed by atoms with Crippen LogP contribution in [0.4, 0.5) is 0 Å². The third-order valence-electron chi connectivity index (χ3n) is 3.52. The summed E-state index contributed by atoms with van der Waals surface area (Å²) >= 11 is 0. The molecule has 1 aromatic carbocycles. The molecule has 0 fully saturated rings. The molecule has 2 rings (SSSR count). The van der Waals surface area contributed by atoms with Gasteiger partial charge in [-0.3, -0.25) is 0 Å². The number of benzene rings is 1. The number of hydrogen-bond acceptors (Lipinski definition) is 4. The van der Waals surface area contributed by atoms with Gasteiger partial charge in [0.05, 0.1) is 27.9 Å². The molecule has 0 saturated heterocycles. The molecule has 108 valence electrons. The zero-order chi connectivity index (χ0) is 14.5. The molecule has 0 aromatic heterocycles. The van der Waals surface area contributed by atoms with Gasteiger partial charge in [-0.2, -0.15) is 0 Å². The van der Waals surface area contributed by atoms with Crippen LogP contribution >= 0.6 is 0 Å².